The molecule has 0 aliphatic rings. The van der Waals surface area contributed by atoms with Crippen LogP contribution in [0.3, 0.4) is 0 Å². The quantitative estimate of drug-likeness (QED) is 0.0249. The molecule has 0 fully saturated rings. The Kier molecular flexibility index (Phi) is 74.3. The second-order valence-electron chi connectivity index (χ2n) is 24.3. The average Bonchev–Trinajstić information content (AvgIpc) is 0.863. The lowest BCUT2D eigenvalue weighted by atomic mass is 9.90. The molecule has 0 amide bonds. The summed E-state index contributed by atoms with van der Waals surface area (Å²) in [5, 5.41) is 0. The van der Waals surface area contributed by atoms with Crippen molar-refractivity contribution in [2.75, 3.05) is 102 Å². The van der Waals surface area contributed by atoms with Crippen molar-refractivity contribution in [3.05, 3.63) is 19.6 Å². The molecule has 0 spiro atoms. The van der Waals surface area contributed by atoms with E-state index in [1.807, 2.05) is 248 Å². The summed E-state index contributed by atoms with van der Waals surface area (Å²) in [7, 11) is 19.8. The van der Waals surface area contributed by atoms with Gasteiger partial charge in [-0.05, 0) is 279 Å². The third kappa shape index (κ3) is 53.4. The van der Waals surface area contributed by atoms with Gasteiger partial charge in [0.2, 0.25) is 0 Å². The SMILES string of the molecule is CCO[Si](CCCSSSSC(CC(C)CCCC(C)CCCCC(C)CCCC(C)CCCC(C)C)=C(SSSSCCC[Si](OCC)(OCC)OCC)C(C)=C(SSSSCCC[Si](OCC)(OCC)OCC)SSSSCCC[Si](OCC)(OCC)OCC)(OCC)OCC. The van der Waals surface area contributed by atoms with Crippen LogP contribution in [0, 0.1) is 29.6 Å². The van der Waals surface area contributed by atoms with Crippen molar-refractivity contribution in [2.45, 2.75) is 271 Å². The lowest BCUT2D eigenvalue weighted by Gasteiger charge is -2.28. The second kappa shape index (κ2) is 70.3. The molecule has 0 aromatic rings. The number of hydrogen-bond donors (Lipinski definition) is 0. The first kappa shape index (κ1) is 103. The van der Waals surface area contributed by atoms with E-state index in [-0.39, 0.29) is 0 Å². The van der Waals surface area contributed by atoms with Crippen LogP contribution in [0.4, 0.5) is 0 Å². The highest BCUT2D eigenvalue weighted by Gasteiger charge is 2.42. The lowest BCUT2D eigenvalue weighted by Crippen LogP contribution is -2.46. The van der Waals surface area contributed by atoms with Crippen LogP contribution in [-0.4, -0.2) is 138 Å². The zero-order valence-electron chi connectivity index (χ0n) is 64.2. The first-order valence-corrected chi connectivity index (χ1v) is 64.7. The summed E-state index contributed by atoms with van der Waals surface area (Å²) >= 11 is 0. The molecule has 586 valence electrons. The highest BCUT2D eigenvalue weighted by molar-refractivity contribution is 9.30. The minimum atomic E-state index is -2.71. The van der Waals surface area contributed by atoms with Crippen molar-refractivity contribution in [1.29, 1.82) is 0 Å². The fourth-order valence-corrected chi connectivity index (χ4v) is 49.2. The van der Waals surface area contributed by atoms with Crippen LogP contribution in [0.2, 0.25) is 24.2 Å². The van der Waals surface area contributed by atoms with Gasteiger partial charge < -0.3 is 53.1 Å². The summed E-state index contributed by atoms with van der Waals surface area (Å²) in [5.41, 5.74) is 1.36. The van der Waals surface area contributed by atoms with Gasteiger partial charge in [0.15, 0.2) is 0 Å². The normalized spacial score (nSPS) is 14.2. The van der Waals surface area contributed by atoms with E-state index in [0.29, 0.717) is 85.2 Å². The molecule has 0 rings (SSSR count). The number of rotatable bonds is 76. The molecule has 0 saturated heterocycles. The van der Waals surface area contributed by atoms with Crippen molar-refractivity contribution in [1.82, 2.24) is 0 Å². The Labute approximate surface area is 668 Å². The maximum atomic E-state index is 6.24. The zero-order valence-corrected chi connectivity index (χ0v) is 81.3. The Morgan fingerprint density at radius 1 is 0.276 bits per heavy atom. The third-order valence-electron chi connectivity index (χ3n) is 15.3. The molecule has 12 nitrogen and oxygen atoms in total. The van der Waals surface area contributed by atoms with Gasteiger partial charge in [-0.15, -0.1) is 0 Å². The van der Waals surface area contributed by atoms with Gasteiger partial charge in [0.25, 0.3) is 0 Å². The molecule has 0 bridgehead atoms. The Hall–Kier alpha value is 5.47. The van der Waals surface area contributed by atoms with Crippen molar-refractivity contribution in [3.8, 4) is 0 Å². The maximum Gasteiger partial charge on any atom is 0.500 e. The molecular formula is C66H138O12S16Si4. The number of unbranched alkanes of at least 4 members (excludes halogenated alkanes) is 1. The van der Waals surface area contributed by atoms with Crippen molar-refractivity contribution in [3.63, 3.8) is 0 Å². The van der Waals surface area contributed by atoms with E-state index in [9.17, 15) is 0 Å². The van der Waals surface area contributed by atoms with Crippen LogP contribution in [0.15, 0.2) is 19.6 Å². The Bertz CT molecular complexity index is 1770. The van der Waals surface area contributed by atoms with Gasteiger partial charge in [-0.2, -0.15) is 0 Å². The van der Waals surface area contributed by atoms with Crippen LogP contribution < -0.4 is 0 Å². The topological polar surface area (TPSA) is 111 Å². The molecule has 4 unspecified atom stereocenters. The van der Waals surface area contributed by atoms with E-state index in [1.165, 1.54) is 103 Å². The van der Waals surface area contributed by atoms with E-state index in [4.69, 9.17) is 53.1 Å². The Morgan fingerprint density at radius 3 is 0.796 bits per heavy atom. The monoisotopic (exact) mass is 1750 g/mol. The third-order valence-corrected chi connectivity index (χ3v) is 54.8. The number of hydrogen-bond acceptors (Lipinski definition) is 28. The van der Waals surface area contributed by atoms with Gasteiger partial charge >= 0.3 is 35.2 Å². The predicted molar refractivity (Wildman–Crippen MR) is 477 cm³/mol. The molecular weight excluding hydrogens is 1610 g/mol. The van der Waals surface area contributed by atoms with Gasteiger partial charge in [-0.25, -0.2) is 0 Å². The highest BCUT2D eigenvalue weighted by atomic mass is 33.7. The van der Waals surface area contributed by atoms with Crippen LogP contribution in [0.1, 0.15) is 247 Å². The fraction of sp³-hybridized carbons (Fsp3) is 0.939. The predicted octanol–water partition coefficient (Wildman–Crippen LogP) is 28.6. The molecule has 0 aromatic heterocycles. The Balaban J connectivity index is 7.18. The van der Waals surface area contributed by atoms with Gasteiger partial charge in [0, 0.05) is 136 Å². The van der Waals surface area contributed by atoms with Crippen LogP contribution >= 0.6 is 165 Å². The molecule has 32 heteroatoms. The van der Waals surface area contributed by atoms with Crippen molar-refractivity contribution < 1.29 is 53.1 Å². The van der Waals surface area contributed by atoms with Gasteiger partial charge in [0.1, 0.15) is 0 Å². The van der Waals surface area contributed by atoms with Crippen molar-refractivity contribution >= 4 is 200 Å². The van der Waals surface area contributed by atoms with E-state index in [0.717, 1.165) is 103 Å². The van der Waals surface area contributed by atoms with Gasteiger partial charge in [0.05, 0.1) is 4.24 Å². The highest BCUT2D eigenvalue weighted by Crippen LogP contribution is 2.61. The second-order valence-corrected chi connectivity index (χ2v) is 59.4. The first-order valence-electron chi connectivity index (χ1n) is 37.0. The van der Waals surface area contributed by atoms with Gasteiger partial charge in [-0.3, -0.25) is 0 Å². The molecule has 0 saturated carbocycles. The summed E-state index contributed by atoms with van der Waals surface area (Å²) in [6, 6.07) is 3.30. The van der Waals surface area contributed by atoms with Crippen LogP contribution in [0.25, 0.3) is 0 Å². The largest absolute Gasteiger partial charge is 0.500 e. The van der Waals surface area contributed by atoms with Crippen molar-refractivity contribution in [2.24, 2.45) is 29.6 Å². The summed E-state index contributed by atoms with van der Waals surface area (Å²) in [5.74, 6) is 7.79. The zero-order chi connectivity index (χ0) is 72.9. The summed E-state index contributed by atoms with van der Waals surface area (Å²) in [6.45, 7) is 48.8. The molecule has 0 aliphatic carbocycles. The average molecular weight is 1750 g/mol. The first-order chi connectivity index (χ1) is 47.4. The van der Waals surface area contributed by atoms with E-state index in [1.54, 1.807) is 0 Å². The molecule has 0 aromatic carbocycles. The smallest absolute Gasteiger partial charge is 0.374 e. The molecule has 0 aliphatic heterocycles. The molecule has 0 N–H and O–H groups in total. The van der Waals surface area contributed by atoms with Gasteiger partial charge in [-0.1, -0.05) is 168 Å². The number of allylic oxidation sites excluding steroid dienone is 2. The van der Waals surface area contributed by atoms with E-state index < -0.39 is 35.2 Å². The molecule has 98 heavy (non-hydrogen) atoms. The summed E-state index contributed by atoms with van der Waals surface area (Å²) < 4.78 is 76.1. The maximum absolute atomic E-state index is 6.24. The standard InChI is InChI=1S/C66H138O12S16Si4/c1-20-67-95(68-21-2,69-22-3)53-37-49-79-87-91-83-64(57-62(18)48-36-47-60(16)43-33-32-42-59(15)45-35-46-61(17)44-34-41-58(13)14)65(84-92-88-80-50-38-54-96(70-23-4,71-24-5)72-25-6)63(19)66(85-93-89-81-51-39-55-97(73-26-7,74-27-8)75-28-9)86-94-90-82-52-40-56-98(76-29-10,77-30-11)78-31-12/h58-62H,20-57H2,1-19H3. The minimum absolute atomic E-state index is 0.535. The molecule has 0 heterocycles. The van der Waals surface area contributed by atoms with Crippen LogP contribution in [0.5, 0.6) is 0 Å². The lowest BCUT2D eigenvalue weighted by molar-refractivity contribution is 0.0704. The van der Waals surface area contributed by atoms with E-state index >= 15 is 0 Å². The van der Waals surface area contributed by atoms with E-state index in [2.05, 4.69) is 48.5 Å². The Morgan fingerprint density at radius 2 is 0.520 bits per heavy atom. The summed E-state index contributed by atoms with van der Waals surface area (Å²) in [4.78, 5) is 2.87. The summed E-state index contributed by atoms with van der Waals surface area (Å²) in [6.07, 6.45) is 22.5. The molecule has 0 radical (unpaired) electrons. The van der Waals surface area contributed by atoms with Crippen LogP contribution in [-0.2, 0) is 53.1 Å². The minimum Gasteiger partial charge on any atom is -0.374 e. The fourth-order valence-electron chi connectivity index (χ4n) is 10.9. The molecule has 4 atom stereocenters.